The monoisotopic (exact) mass is 492 g/mol. The predicted octanol–water partition coefficient (Wildman–Crippen LogP) is 8.33. The first-order chi connectivity index (χ1) is 17.7. The van der Waals surface area contributed by atoms with Crippen molar-refractivity contribution in [2.24, 2.45) is 5.92 Å². The molecule has 1 heterocycles. The van der Waals surface area contributed by atoms with E-state index in [-0.39, 0.29) is 11.9 Å². The molecule has 2 aliphatic rings. The van der Waals surface area contributed by atoms with Gasteiger partial charge >= 0.3 is 5.97 Å². The molecule has 0 N–H and O–H groups in total. The molecule has 0 unspecified atom stereocenters. The summed E-state index contributed by atoms with van der Waals surface area (Å²) in [6.45, 7) is 6.22. The zero-order valence-corrected chi connectivity index (χ0v) is 22.3. The van der Waals surface area contributed by atoms with Gasteiger partial charge in [0, 0.05) is 11.5 Å². The van der Waals surface area contributed by atoms with E-state index in [4.69, 9.17) is 14.2 Å². The van der Waals surface area contributed by atoms with Gasteiger partial charge in [0.25, 0.3) is 0 Å². The number of hydrogen-bond acceptors (Lipinski definition) is 4. The van der Waals surface area contributed by atoms with Crippen molar-refractivity contribution in [3.63, 3.8) is 0 Å². The Hall–Kier alpha value is -2.17. The first kappa shape index (κ1) is 26.9. The SMILES string of the molecule is CCCCCCOC(=O)c1ccc(C2OCC(c3ccc(C4CCC(CCC)CC4)cc3)CO2)cc1. The van der Waals surface area contributed by atoms with Gasteiger partial charge in [-0.3, -0.25) is 0 Å². The predicted molar refractivity (Wildman–Crippen MR) is 144 cm³/mol. The quantitative estimate of drug-likeness (QED) is 0.234. The minimum absolute atomic E-state index is 0.248. The number of rotatable bonds is 11. The molecule has 4 heteroatoms. The summed E-state index contributed by atoms with van der Waals surface area (Å²) in [7, 11) is 0. The summed E-state index contributed by atoms with van der Waals surface area (Å²) >= 11 is 0. The van der Waals surface area contributed by atoms with Gasteiger partial charge in [0.15, 0.2) is 6.29 Å². The Labute approximate surface area is 217 Å². The Morgan fingerprint density at radius 2 is 1.36 bits per heavy atom. The maximum absolute atomic E-state index is 12.2. The molecular weight excluding hydrogens is 448 g/mol. The normalized spacial score (nSPS) is 24.4. The van der Waals surface area contributed by atoms with Crippen LogP contribution in [0.4, 0.5) is 0 Å². The molecular formula is C32H44O4. The fourth-order valence-electron chi connectivity index (χ4n) is 5.67. The van der Waals surface area contributed by atoms with Crippen molar-refractivity contribution < 1.29 is 19.0 Å². The second kappa shape index (κ2) is 13.9. The highest BCUT2D eigenvalue weighted by Crippen LogP contribution is 2.38. The van der Waals surface area contributed by atoms with Crippen molar-refractivity contribution in [1.29, 1.82) is 0 Å². The van der Waals surface area contributed by atoms with E-state index in [0.29, 0.717) is 25.4 Å². The summed E-state index contributed by atoms with van der Waals surface area (Å²) in [6.07, 6.45) is 12.1. The largest absolute Gasteiger partial charge is 0.462 e. The van der Waals surface area contributed by atoms with Gasteiger partial charge in [0.05, 0.1) is 25.4 Å². The third-order valence-corrected chi connectivity index (χ3v) is 7.97. The molecule has 1 aliphatic heterocycles. The van der Waals surface area contributed by atoms with Gasteiger partial charge in [0.1, 0.15) is 0 Å². The topological polar surface area (TPSA) is 44.8 Å². The van der Waals surface area contributed by atoms with Crippen molar-refractivity contribution in [2.45, 2.75) is 96.2 Å². The van der Waals surface area contributed by atoms with E-state index in [2.05, 4.69) is 38.1 Å². The van der Waals surface area contributed by atoms with E-state index < -0.39 is 6.29 Å². The fourth-order valence-corrected chi connectivity index (χ4v) is 5.67. The number of esters is 1. The van der Waals surface area contributed by atoms with Crippen LogP contribution in [0.15, 0.2) is 48.5 Å². The number of carbonyl (C=O) groups is 1. The molecule has 0 radical (unpaired) electrons. The first-order valence-electron chi connectivity index (χ1n) is 14.3. The van der Waals surface area contributed by atoms with E-state index in [9.17, 15) is 4.79 Å². The lowest BCUT2D eigenvalue weighted by atomic mass is 9.77. The molecule has 0 spiro atoms. The van der Waals surface area contributed by atoms with Crippen LogP contribution in [-0.4, -0.2) is 25.8 Å². The fraction of sp³-hybridized carbons (Fsp3) is 0.594. The molecule has 1 aliphatic carbocycles. The zero-order chi connectivity index (χ0) is 25.2. The summed E-state index contributed by atoms with van der Waals surface area (Å²) in [5.41, 5.74) is 4.28. The second-order valence-electron chi connectivity index (χ2n) is 10.7. The third-order valence-electron chi connectivity index (χ3n) is 7.97. The van der Waals surface area contributed by atoms with Gasteiger partial charge < -0.3 is 14.2 Å². The highest BCUT2D eigenvalue weighted by atomic mass is 16.7. The number of benzene rings is 2. The molecule has 36 heavy (non-hydrogen) atoms. The van der Waals surface area contributed by atoms with Crippen LogP contribution in [0.25, 0.3) is 0 Å². The summed E-state index contributed by atoms with van der Waals surface area (Å²) in [6, 6.07) is 16.6. The van der Waals surface area contributed by atoms with Gasteiger partial charge in [-0.1, -0.05) is 82.3 Å². The van der Waals surface area contributed by atoms with Crippen LogP contribution < -0.4 is 0 Å². The van der Waals surface area contributed by atoms with Crippen molar-refractivity contribution in [3.8, 4) is 0 Å². The molecule has 1 saturated carbocycles. The Kier molecular flexibility index (Phi) is 10.4. The molecule has 2 aromatic rings. The van der Waals surface area contributed by atoms with Crippen molar-refractivity contribution in [2.75, 3.05) is 19.8 Å². The van der Waals surface area contributed by atoms with Crippen LogP contribution in [0.3, 0.4) is 0 Å². The third kappa shape index (κ3) is 7.43. The highest BCUT2D eigenvalue weighted by molar-refractivity contribution is 5.89. The second-order valence-corrected chi connectivity index (χ2v) is 10.7. The van der Waals surface area contributed by atoms with Gasteiger partial charge in [-0.25, -0.2) is 4.79 Å². The lowest BCUT2D eigenvalue weighted by Gasteiger charge is -2.31. The van der Waals surface area contributed by atoms with Crippen molar-refractivity contribution in [3.05, 3.63) is 70.8 Å². The van der Waals surface area contributed by atoms with Gasteiger partial charge in [0.2, 0.25) is 0 Å². The zero-order valence-electron chi connectivity index (χ0n) is 22.3. The molecule has 1 saturated heterocycles. The number of carbonyl (C=O) groups excluding carboxylic acids is 1. The van der Waals surface area contributed by atoms with E-state index in [1.807, 2.05) is 12.1 Å². The van der Waals surface area contributed by atoms with Gasteiger partial charge in [-0.15, -0.1) is 0 Å². The Morgan fingerprint density at radius 3 is 1.97 bits per heavy atom. The lowest BCUT2D eigenvalue weighted by Crippen LogP contribution is -2.25. The van der Waals surface area contributed by atoms with E-state index in [0.717, 1.165) is 30.2 Å². The molecule has 4 nitrogen and oxygen atoms in total. The molecule has 0 bridgehead atoms. The number of unbranched alkanes of at least 4 members (excludes halogenated alkanes) is 3. The first-order valence-corrected chi connectivity index (χ1v) is 14.3. The molecule has 196 valence electrons. The van der Waals surface area contributed by atoms with Crippen LogP contribution in [0.2, 0.25) is 0 Å². The van der Waals surface area contributed by atoms with Crippen LogP contribution in [0, 0.1) is 5.92 Å². The molecule has 0 aromatic heterocycles. The van der Waals surface area contributed by atoms with Gasteiger partial charge in [-0.05, 0) is 67.2 Å². The number of ether oxygens (including phenoxy) is 3. The highest BCUT2D eigenvalue weighted by Gasteiger charge is 2.26. The maximum Gasteiger partial charge on any atom is 0.338 e. The summed E-state index contributed by atoms with van der Waals surface area (Å²) in [5.74, 6) is 1.65. The van der Waals surface area contributed by atoms with Crippen LogP contribution in [-0.2, 0) is 14.2 Å². The Balaban J connectivity index is 1.22. The van der Waals surface area contributed by atoms with Crippen LogP contribution in [0.1, 0.15) is 123 Å². The average molecular weight is 493 g/mol. The van der Waals surface area contributed by atoms with Crippen LogP contribution in [0.5, 0.6) is 0 Å². The standard InChI is InChI=1S/C32H44O4/c1-3-5-6-7-21-34-31(33)28-17-19-29(20-18-28)32-35-22-30(23-36-32)27-15-13-26(14-16-27)25-11-9-24(8-4-2)10-12-25/h13-20,24-25,30,32H,3-12,21-23H2,1-2H3. The lowest BCUT2D eigenvalue weighted by molar-refractivity contribution is -0.191. The smallest absolute Gasteiger partial charge is 0.338 e. The minimum atomic E-state index is -0.391. The van der Waals surface area contributed by atoms with E-state index >= 15 is 0 Å². The summed E-state index contributed by atoms with van der Waals surface area (Å²) in [5, 5.41) is 0. The van der Waals surface area contributed by atoms with E-state index in [1.165, 1.54) is 62.5 Å². The summed E-state index contributed by atoms with van der Waals surface area (Å²) < 4.78 is 17.5. The summed E-state index contributed by atoms with van der Waals surface area (Å²) in [4.78, 5) is 12.2. The Morgan fingerprint density at radius 1 is 0.750 bits per heavy atom. The van der Waals surface area contributed by atoms with Crippen molar-refractivity contribution in [1.82, 2.24) is 0 Å². The minimum Gasteiger partial charge on any atom is -0.462 e. The number of hydrogen-bond donors (Lipinski definition) is 0. The molecule has 2 aromatic carbocycles. The molecule has 0 amide bonds. The van der Waals surface area contributed by atoms with Crippen LogP contribution >= 0.6 is 0 Å². The molecule has 0 atom stereocenters. The molecule has 4 rings (SSSR count). The van der Waals surface area contributed by atoms with E-state index in [1.54, 1.807) is 12.1 Å². The van der Waals surface area contributed by atoms with Gasteiger partial charge in [-0.2, -0.15) is 0 Å². The molecule has 2 fully saturated rings. The average Bonchev–Trinajstić information content (AvgIpc) is 2.94. The van der Waals surface area contributed by atoms with Crippen molar-refractivity contribution >= 4 is 5.97 Å². The Bertz CT molecular complexity index is 904. The maximum atomic E-state index is 12.2.